The number of anilines is 1. The third-order valence-corrected chi connectivity index (χ3v) is 6.05. The molecule has 0 saturated heterocycles. The second-order valence-electron chi connectivity index (χ2n) is 6.55. The number of hydrogen-bond donors (Lipinski definition) is 2. The van der Waals surface area contributed by atoms with Crippen LogP contribution in [0.15, 0.2) is 69.9 Å². The standard InChI is InChI=1S/C21H19N5O2S2/c1-14-22-18(12-29-14)16-8-5-9-17(10-16)23-19(27)13-30-21-25-24-20(28)26(21)11-15-6-3-2-4-7-15/h2-10,12H,11,13H2,1H3,(H,23,27)(H,24,28). The number of carbonyl (C=O) groups excluding carboxylic acids is 1. The number of nitrogens with one attached hydrogen (secondary N) is 2. The fourth-order valence-electron chi connectivity index (χ4n) is 2.90. The Morgan fingerprint density at radius 1 is 1.20 bits per heavy atom. The number of rotatable bonds is 7. The predicted molar refractivity (Wildman–Crippen MR) is 120 cm³/mol. The molecule has 1 amide bonds. The van der Waals surface area contributed by atoms with Crippen LogP contribution in [-0.4, -0.2) is 31.4 Å². The molecule has 0 unspecified atom stereocenters. The van der Waals surface area contributed by atoms with Gasteiger partial charge in [-0.1, -0.05) is 54.2 Å². The first-order valence-electron chi connectivity index (χ1n) is 9.23. The third-order valence-electron chi connectivity index (χ3n) is 4.30. The molecule has 7 nitrogen and oxygen atoms in total. The van der Waals surface area contributed by atoms with Crippen molar-refractivity contribution in [1.29, 1.82) is 0 Å². The molecule has 9 heteroatoms. The maximum atomic E-state index is 12.4. The maximum Gasteiger partial charge on any atom is 0.344 e. The molecule has 4 aromatic rings. The first kappa shape index (κ1) is 20.1. The van der Waals surface area contributed by atoms with Gasteiger partial charge >= 0.3 is 5.69 Å². The third kappa shape index (κ3) is 4.87. The molecule has 30 heavy (non-hydrogen) atoms. The van der Waals surface area contributed by atoms with Crippen LogP contribution in [0.1, 0.15) is 10.6 Å². The van der Waals surface area contributed by atoms with Gasteiger partial charge in [-0.3, -0.25) is 9.36 Å². The summed E-state index contributed by atoms with van der Waals surface area (Å²) in [5.41, 5.74) is 3.24. The van der Waals surface area contributed by atoms with Crippen molar-refractivity contribution in [2.24, 2.45) is 0 Å². The number of benzene rings is 2. The molecule has 0 aliphatic heterocycles. The van der Waals surface area contributed by atoms with Gasteiger partial charge in [0.15, 0.2) is 5.16 Å². The molecule has 0 saturated carbocycles. The van der Waals surface area contributed by atoms with Gasteiger partial charge in [-0.05, 0) is 24.6 Å². The van der Waals surface area contributed by atoms with E-state index in [1.165, 1.54) is 16.3 Å². The number of aryl methyl sites for hydroxylation is 1. The summed E-state index contributed by atoms with van der Waals surface area (Å²) < 4.78 is 1.53. The van der Waals surface area contributed by atoms with Gasteiger partial charge in [0.2, 0.25) is 5.91 Å². The van der Waals surface area contributed by atoms with Crippen LogP contribution in [-0.2, 0) is 11.3 Å². The fourth-order valence-corrected chi connectivity index (χ4v) is 4.27. The fraction of sp³-hybridized carbons (Fsp3) is 0.143. The van der Waals surface area contributed by atoms with E-state index >= 15 is 0 Å². The molecule has 0 spiro atoms. The average Bonchev–Trinajstić information content (AvgIpc) is 3.34. The summed E-state index contributed by atoms with van der Waals surface area (Å²) in [7, 11) is 0. The number of nitrogens with zero attached hydrogens (tertiary/aromatic N) is 3. The van der Waals surface area contributed by atoms with Crippen molar-refractivity contribution in [2.45, 2.75) is 18.6 Å². The number of aromatic amines is 1. The second kappa shape index (κ2) is 9.10. The molecule has 2 aromatic carbocycles. The average molecular weight is 438 g/mol. The number of carbonyl (C=O) groups is 1. The monoisotopic (exact) mass is 437 g/mol. The normalized spacial score (nSPS) is 10.8. The van der Waals surface area contributed by atoms with E-state index in [9.17, 15) is 9.59 Å². The van der Waals surface area contributed by atoms with Crippen molar-refractivity contribution in [3.8, 4) is 11.3 Å². The first-order valence-corrected chi connectivity index (χ1v) is 11.1. The van der Waals surface area contributed by atoms with E-state index in [0.717, 1.165) is 21.8 Å². The zero-order chi connectivity index (χ0) is 20.9. The highest BCUT2D eigenvalue weighted by molar-refractivity contribution is 7.99. The lowest BCUT2D eigenvalue weighted by Gasteiger charge is -2.08. The lowest BCUT2D eigenvalue weighted by molar-refractivity contribution is -0.113. The summed E-state index contributed by atoms with van der Waals surface area (Å²) in [6.45, 7) is 2.36. The first-order chi connectivity index (χ1) is 14.6. The Morgan fingerprint density at radius 2 is 2.03 bits per heavy atom. The van der Waals surface area contributed by atoms with Gasteiger partial charge in [0.05, 0.1) is 23.0 Å². The van der Waals surface area contributed by atoms with Crippen molar-refractivity contribution >= 4 is 34.7 Å². The van der Waals surface area contributed by atoms with Crippen LogP contribution in [0.25, 0.3) is 11.3 Å². The zero-order valence-corrected chi connectivity index (χ0v) is 17.8. The highest BCUT2D eigenvalue weighted by Crippen LogP contribution is 2.24. The second-order valence-corrected chi connectivity index (χ2v) is 8.56. The lowest BCUT2D eigenvalue weighted by atomic mass is 10.1. The highest BCUT2D eigenvalue weighted by atomic mass is 32.2. The van der Waals surface area contributed by atoms with E-state index in [4.69, 9.17) is 0 Å². The minimum atomic E-state index is -0.298. The van der Waals surface area contributed by atoms with E-state index in [0.29, 0.717) is 17.4 Å². The van der Waals surface area contributed by atoms with E-state index in [1.807, 2.05) is 66.9 Å². The molecular formula is C21H19N5O2S2. The van der Waals surface area contributed by atoms with Gasteiger partial charge in [-0.15, -0.1) is 16.4 Å². The molecule has 2 aromatic heterocycles. The van der Waals surface area contributed by atoms with Gasteiger partial charge in [0.25, 0.3) is 0 Å². The van der Waals surface area contributed by atoms with Crippen molar-refractivity contribution in [2.75, 3.05) is 11.1 Å². The molecule has 2 N–H and O–H groups in total. The predicted octanol–water partition coefficient (Wildman–Crippen LogP) is 3.78. The SMILES string of the molecule is Cc1nc(-c2cccc(NC(=O)CSc3n[nH]c(=O)n3Cc3ccccc3)c2)cs1. The summed E-state index contributed by atoms with van der Waals surface area (Å²) in [6.07, 6.45) is 0. The highest BCUT2D eigenvalue weighted by Gasteiger charge is 2.12. The molecule has 0 bridgehead atoms. The Hall–Kier alpha value is -3.17. The Morgan fingerprint density at radius 3 is 2.80 bits per heavy atom. The van der Waals surface area contributed by atoms with Crippen LogP contribution < -0.4 is 11.0 Å². The van der Waals surface area contributed by atoms with E-state index in [2.05, 4.69) is 20.5 Å². The Labute approximate surface area is 181 Å². The summed E-state index contributed by atoms with van der Waals surface area (Å²) in [5.74, 6) is -0.0348. The van der Waals surface area contributed by atoms with Gasteiger partial charge in [0.1, 0.15) is 0 Å². The summed E-state index contributed by atoms with van der Waals surface area (Å²) >= 11 is 2.81. The quantitative estimate of drug-likeness (QED) is 0.429. The number of amides is 1. The van der Waals surface area contributed by atoms with Crippen molar-refractivity contribution < 1.29 is 4.79 Å². The minimum absolute atomic E-state index is 0.138. The molecule has 152 valence electrons. The largest absolute Gasteiger partial charge is 0.344 e. The molecule has 0 aliphatic rings. The molecule has 4 rings (SSSR count). The van der Waals surface area contributed by atoms with Gasteiger partial charge in [-0.2, -0.15) is 0 Å². The number of H-pyrrole nitrogens is 1. The minimum Gasteiger partial charge on any atom is -0.325 e. The van der Waals surface area contributed by atoms with Crippen LogP contribution in [0.2, 0.25) is 0 Å². The van der Waals surface area contributed by atoms with Gasteiger partial charge in [0, 0.05) is 16.6 Å². The number of hydrogen-bond acceptors (Lipinski definition) is 6. The molecule has 0 aliphatic carbocycles. The lowest BCUT2D eigenvalue weighted by Crippen LogP contribution is -2.19. The van der Waals surface area contributed by atoms with E-state index in [-0.39, 0.29) is 17.3 Å². The Kier molecular flexibility index (Phi) is 6.10. The van der Waals surface area contributed by atoms with Crippen LogP contribution >= 0.6 is 23.1 Å². The van der Waals surface area contributed by atoms with Crippen LogP contribution in [0.3, 0.4) is 0 Å². The summed E-state index contributed by atoms with van der Waals surface area (Å²) in [4.78, 5) is 29.0. The molecule has 0 radical (unpaired) electrons. The smallest absolute Gasteiger partial charge is 0.325 e. The molecule has 0 atom stereocenters. The van der Waals surface area contributed by atoms with Crippen molar-refractivity contribution in [3.63, 3.8) is 0 Å². The van der Waals surface area contributed by atoms with Crippen LogP contribution in [0.5, 0.6) is 0 Å². The Bertz CT molecular complexity index is 1210. The van der Waals surface area contributed by atoms with E-state index in [1.54, 1.807) is 11.3 Å². The molecule has 0 fully saturated rings. The number of thioether (sulfide) groups is 1. The molecular weight excluding hydrogens is 418 g/mol. The van der Waals surface area contributed by atoms with E-state index < -0.39 is 0 Å². The van der Waals surface area contributed by atoms with Crippen molar-refractivity contribution in [3.05, 3.63) is 81.0 Å². The number of aromatic nitrogens is 4. The zero-order valence-electron chi connectivity index (χ0n) is 16.2. The van der Waals surface area contributed by atoms with Crippen LogP contribution in [0, 0.1) is 6.92 Å². The Balaban J connectivity index is 1.40. The summed E-state index contributed by atoms with van der Waals surface area (Å²) in [6, 6.07) is 17.2. The maximum absolute atomic E-state index is 12.4. The van der Waals surface area contributed by atoms with Gasteiger partial charge in [-0.25, -0.2) is 14.9 Å². The molecule has 2 heterocycles. The van der Waals surface area contributed by atoms with Gasteiger partial charge < -0.3 is 5.32 Å². The topological polar surface area (TPSA) is 92.7 Å². The van der Waals surface area contributed by atoms with Crippen LogP contribution in [0.4, 0.5) is 5.69 Å². The summed E-state index contributed by atoms with van der Waals surface area (Å²) in [5, 5.41) is 12.9. The number of thiazole rings is 1. The van der Waals surface area contributed by atoms with Crippen molar-refractivity contribution in [1.82, 2.24) is 19.7 Å².